The lowest BCUT2D eigenvalue weighted by atomic mass is 10.0. The van der Waals surface area contributed by atoms with Gasteiger partial charge in [-0.3, -0.25) is 4.90 Å². The van der Waals surface area contributed by atoms with Crippen LogP contribution in [-0.2, 0) is 11.3 Å². The number of nitrogens with zero attached hydrogens (tertiary/aromatic N) is 2. The third kappa shape index (κ3) is 6.24. The molecule has 140 valence electrons. The summed E-state index contributed by atoms with van der Waals surface area (Å²) < 4.78 is 20.2. The molecule has 7 heteroatoms. The molecule has 1 fully saturated rings. The summed E-state index contributed by atoms with van der Waals surface area (Å²) in [4.78, 5) is 6.94. The number of morpholine rings is 1. The first-order valence-electron chi connectivity index (χ1n) is 8.71. The SMILES string of the molecule is CCNC(=NCc1cc(Br)ccc1F)NCC(C)(C)N1CCOCC1. The van der Waals surface area contributed by atoms with Crippen LogP contribution in [-0.4, -0.2) is 55.8 Å². The number of benzene rings is 1. The summed E-state index contributed by atoms with van der Waals surface area (Å²) in [6.45, 7) is 11.7. The zero-order chi connectivity index (χ0) is 18.3. The normalized spacial score (nSPS) is 16.8. The molecule has 0 atom stereocenters. The molecule has 0 radical (unpaired) electrons. The maximum Gasteiger partial charge on any atom is 0.191 e. The Morgan fingerprint density at radius 1 is 1.32 bits per heavy atom. The molecule has 2 rings (SSSR count). The Morgan fingerprint density at radius 3 is 2.72 bits per heavy atom. The first kappa shape index (κ1) is 20.1. The highest BCUT2D eigenvalue weighted by Gasteiger charge is 2.28. The van der Waals surface area contributed by atoms with E-state index in [-0.39, 0.29) is 11.4 Å². The smallest absolute Gasteiger partial charge is 0.191 e. The molecule has 5 nitrogen and oxygen atoms in total. The number of guanidine groups is 1. The first-order chi connectivity index (χ1) is 11.9. The third-order valence-corrected chi connectivity index (χ3v) is 4.81. The predicted molar refractivity (Wildman–Crippen MR) is 103 cm³/mol. The molecule has 1 aliphatic rings. The van der Waals surface area contributed by atoms with Crippen molar-refractivity contribution in [2.75, 3.05) is 39.4 Å². The zero-order valence-electron chi connectivity index (χ0n) is 15.2. The topological polar surface area (TPSA) is 48.9 Å². The minimum Gasteiger partial charge on any atom is -0.379 e. The average molecular weight is 415 g/mol. The van der Waals surface area contributed by atoms with Crippen LogP contribution in [0.4, 0.5) is 4.39 Å². The van der Waals surface area contributed by atoms with E-state index in [1.54, 1.807) is 12.1 Å². The number of rotatable bonds is 6. The van der Waals surface area contributed by atoms with E-state index in [2.05, 4.69) is 50.3 Å². The molecule has 0 unspecified atom stereocenters. The van der Waals surface area contributed by atoms with Gasteiger partial charge >= 0.3 is 0 Å². The molecule has 1 heterocycles. The molecule has 2 N–H and O–H groups in total. The first-order valence-corrected chi connectivity index (χ1v) is 9.50. The molecule has 0 spiro atoms. The monoisotopic (exact) mass is 414 g/mol. The highest BCUT2D eigenvalue weighted by atomic mass is 79.9. The van der Waals surface area contributed by atoms with Gasteiger partial charge in [-0.1, -0.05) is 15.9 Å². The minimum absolute atomic E-state index is 0.0129. The average Bonchev–Trinajstić information content (AvgIpc) is 2.61. The molecule has 0 aliphatic carbocycles. The van der Waals surface area contributed by atoms with E-state index in [9.17, 15) is 4.39 Å². The van der Waals surface area contributed by atoms with Crippen LogP contribution in [0.2, 0.25) is 0 Å². The highest BCUT2D eigenvalue weighted by molar-refractivity contribution is 9.10. The maximum absolute atomic E-state index is 13.9. The number of halogens is 2. The summed E-state index contributed by atoms with van der Waals surface area (Å²) >= 11 is 3.37. The molecule has 1 saturated heterocycles. The Labute approximate surface area is 158 Å². The van der Waals surface area contributed by atoms with E-state index >= 15 is 0 Å². The van der Waals surface area contributed by atoms with Gasteiger partial charge in [-0.25, -0.2) is 9.38 Å². The van der Waals surface area contributed by atoms with E-state index in [0.717, 1.165) is 43.9 Å². The second kappa shape index (κ2) is 9.50. The van der Waals surface area contributed by atoms with Gasteiger partial charge in [-0.05, 0) is 39.0 Å². The van der Waals surface area contributed by atoms with Crippen LogP contribution in [0.15, 0.2) is 27.7 Å². The highest BCUT2D eigenvalue weighted by Crippen LogP contribution is 2.17. The van der Waals surface area contributed by atoms with Crippen molar-refractivity contribution in [1.82, 2.24) is 15.5 Å². The van der Waals surface area contributed by atoms with E-state index < -0.39 is 0 Å². The Balaban J connectivity index is 1.98. The lowest BCUT2D eigenvalue weighted by molar-refractivity contribution is -0.00834. The Morgan fingerprint density at radius 2 is 2.04 bits per heavy atom. The van der Waals surface area contributed by atoms with Gasteiger partial charge < -0.3 is 15.4 Å². The summed E-state index contributed by atoms with van der Waals surface area (Å²) in [5.74, 6) is 0.458. The van der Waals surface area contributed by atoms with Crippen molar-refractivity contribution in [3.8, 4) is 0 Å². The van der Waals surface area contributed by atoms with Crippen molar-refractivity contribution in [1.29, 1.82) is 0 Å². The number of aliphatic imine (C=N–C) groups is 1. The van der Waals surface area contributed by atoms with Gasteiger partial charge in [0.2, 0.25) is 0 Å². The molecule has 0 bridgehead atoms. The molecule has 25 heavy (non-hydrogen) atoms. The van der Waals surface area contributed by atoms with Crippen LogP contribution < -0.4 is 10.6 Å². The van der Waals surface area contributed by atoms with Crippen LogP contribution in [0, 0.1) is 5.82 Å². The zero-order valence-corrected chi connectivity index (χ0v) is 16.8. The summed E-state index contributed by atoms with van der Waals surface area (Å²) in [5.41, 5.74) is 0.556. The second-order valence-corrected chi connectivity index (χ2v) is 7.61. The molecule has 0 amide bonds. The van der Waals surface area contributed by atoms with E-state index in [1.807, 2.05) is 6.92 Å². The number of hydrogen-bond donors (Lipinski definition) is 2. The molecule has 1 aliphatic heterocycles. The fourth-order valence-corrected chi connectivity index (χ4v) is 3.16. The molecule has 0 aromatic heterocycles. The predicted octanol–water partition coefficient (Wildman–Crippen LogP) is 2.75. The summed E-state index contributed by atoms with van der Waals surface area (Å²) in [7, 11) is 0. The molecular weight excluding hydrogens is 387 g/mol. The molecule has 1 aromatic carbocycles. The summed E-state index contributed by atoms with van der Waals surface area (Å²) in [5, 5.41) is 6.61. The second-order valence-electron chi connectivity index (χ2n) is 6.70. The lowest BCUT2D eigenvalue weighted by Gasteiger charge is -2.41. The Hall–Kier alpha value is -1.18. The van der Waals surface area contributed by atoms with Crippen molar-refractivity contribution in [2.24, 2.45) is 4.99 Å². The fraction of sp³-hybridized carbons (Fsp3) is 0.611. The van der Waals surface area contributed by atoms with Crippen molar-refractivity contribution >= 4 is 21.9 Å². The third-order valence-electron chi connectivity index (χ3n) is 4.32. The number of hydrogen-bond acceptors (Lipinski definition) is 3. The van der Waals surface area contributed by atoms with Gasteiger partial charge in [0.15, 0.2) is 5.96 Å². The van der Waals surface area contributed by atoms with Crippen LogP contribution in [0.1, 0.15) is 26.3 Å². The van der Waals surface area contributed by atoms with Crippen molar-refractivity contribution in [2.45, 2.75) is 32.9 Å². The van der Waals surface area contributed by atoms with Crippen molar-refractivity contribution in [3.63, 3.8) is 0 Å². The van der Waals surface area contributed by atoms with Crippen LogP contribution >= 0.6 is 15.9 Å². The quantitative estimate of drug-likeness (QED) is 0.554. The Kier molecular flexibility index (Phi) is 7.65. The van der Waals surface area contributed by atoms with E-state index in [0.29, 0.717) is 18.1 Å². The molecule has 1 aromatic rings. The van der Waals surface area contributed by atoms with Gasteiger partial charge in [0, 0.05) is 41.8 Å². The fourth-order valence-electron chi connectivity index (χ4n) is 2.75. The van der Waals surface area contributed by atoms with Gasteiger partial charge in [0.05, 0.1) is 19.8 Å². The van der Waals surface area contributed by atoms with Crippen LogP contribution in [0.3, 0.4) is 0 Å². The number of ether oxygens (including phenoxy) is 1. The van der Waals surface area contributed by atoms with E-state index in [4.69, 9.17) is 4.74 Å². The standard InChI is InChI=1S/C18H28BrFN4O/c1-4-21-17(22-12-14-11-15(19)5-6-16(14)20)23-13-18(2,3)24-7-9-25-10-8-24/h5-6,11H,4,7-10,12-13H2,1-3H3,(H2,21,22,23). The minimum atomic E-state index is -0.239. The summed E-state index contributed by atoms with van der Waals surface area (Å²) in [6, 6.07) is 4.91. The van der Waals surface area contributed by atoms with E-state index in [1.165, 1.54) is 6.07 Å². The molecular formula is C18H28BrFN4O. The summed E-state index contributed by atoms with van der Waals surface area (Å²) in [6.07, 6.45) is 0. The Bertz CT molecular complexity index is 588. The molecule has 0 saturated carbocycles. The van der Waals surface area contributed by atoms with Crippen molar-refractivity contribution in [3.05, 3.63) is 34.1 Å². The largest absolute Gasteiger partial charge is 0.379 e. The van der Waals surface area contributed by atoms with Gasteiger partial charge in [0.25, 0.3) is 0 Å². The van der Waals surface area contributed by atoms with Crippen molar-refractivity contribution < 1.29 is 9.13 Å². The van der Waals surface area contributed by atoms with Gasteiger partial charge in [-0.2, -0.15) is 0 Å². The van der Waals surface area contributed by atoms with Gasteiger partial charge in [-0.15, -0.1) is 0 Å². The number of nitrogens with one attached hydrogen (secondary N) is 2. The maximum atomic E-state index is 13.9. The van der Waals surface area contributed by atoms with Gasteiger partial charge in [0.1, 0.15) is 5.82 Å². The van der Waals surface area contributed by atoms with Crippen LogP contribution in [0.5, 0.6) is 0 Å². The lowest BCUT2D eigenvalue weighted by Crippen LogP contribution is -2.56. The van der Waals surface area contributed by atoms with Crippen LogP contribution in [0.25, 0.3) is 0 Å².